The van der Waals surface area contributed by atoms with Crippen LogP contribution in [0.15, 0.2) is 24.3 Å². The summed E-state index contributed by atoms with van der Waals surface area (Å²) in [6, 6.07) is 6.78. The van der Waals surface area contributed by atoms with Crippen molar-refractivity contribution in [3.8, 4) is 0 Å². The molecule has 0 radical (unpaired) electrons. The lowest BCUT2D eigenvalue weighted by atomic mass is 9.84. The van der Waals surface area contributed by atoms with Gasteiger partial charge in [0.15, 0.2) is 0 Å². The minimum Gasteiger partial charge on any atom is -0.391 e. The number of hydrogen-bond acceptors (Lipinski definition) is 3. The van der Waals surface area contributed by atoms with Gasteiger partial charge in [-0.05, 0) is 24.5 Å². The van der Waals surface area contributed by atoms with Crippen LogP contribution in [0.5, 0.6) is 0 Å². The van der Waals surface area contributed by atoms with E-state index in [4.69, 9.17) is 4.74 Å². The highest BCUT2D eigenvalue weighted by Gasteiger charge is 2.45. The molecular weight excluding hydrogens is 269 g/mol. The van der Waals surface area contributed by atoms with Crippen LogP contribution in [0.1, 0.15) is 31.2 Å². The molecule has 2 aliphatic rings. The maximum Gasteiger partial charge on any atom is 0.126 e. The van der Waals surface area contributed by atoms with E-state index in [0.717, 1.165) is 52.0 Å². The van der Waals surface area contributed by atoms with Crippen LogP contribution in [0.25, 0.3) is 0 Å². The summed E-state index contributed by atoms with van der Waals surface area (Å²) in [4.78, 5) is 2.38. The van der Waals surface area contributed by atoms with Gasteiger partial charge in [-0.3, -0.25) is 4.90 Å². The van der Waals surface area contributed by atoms with Crippen molar-refractivity contribution < 1.29 is 14.2 Å². The van der Waals surface area contributed by atoms with E-state index in [1.807, 2.05) is 6.07 Å². The number of rotatable bonds is 4. The molecule has 3 nitrogen and oxygen atoms in total. The summed E-state index contributed by atoms with van der Waals surface area (Å²) in [7, 11) is 0. The van der Waals surface area contributed by atoms with Crippen LogP contribution in [0, 0.1) is 5.82 Å². The number of nitrogens with zero attached hydrogens (tertiary/aromatic N) is 1. The Bertz CT molecular complexity index is 468. The molecule has 0 amide bonds. The van der Waals surface area contributed by atoms with Gasteiger partial charge >= 0.3 is 0 Å². The number of aliphatic hydroxyl groups is 1. The quantitative estimate of drug-likeness (QED) is 0.925. The third kappa shape index (κ3) is 2.98. The molecule has 0 aromatic heterocycles. The summed E-state index contributed by atoms with van der Waals surface area (Å²) in [5.41, 5.74) is 0.427. The Morgan fingerprint density at radius 3 is 2.52 bits per heavy atom. The fourth-order valence-corrected chi connectivity index (χ4v) is 3.92. The van der Waals surface area contributed by atoms with E-state index in [1.165, 1.54) is 6.07 Å². The molecule has 4 heteroatoms. The van der Waals surface area contributed by atoms with Crippen LogP contribution in [-0.2, 0) is 11.2 Å². The Labute approximate surface area is 125 Å². The molecule has 1 unspecified atom stereocenters. The molecule has 1 aromatic rings. The third-order valence-electron chi connectivity index (χ3n) is 5.10. The van der Waals surface area contributed by atoms with Gasteiger partial charge in [-0.25, -0.2) is 4.39 Å². The summed E-state index contributed by atoms with van der Waals surface area (Å²) < 4.78 is 19.3. The Hall–Kier alpha value is -0.970. The normalized spacial score (nSPS) is 24.1. The van der Waals surface area contributed by atoms with Crippen molar-refractivity contribution >= 4 is 0 Å². The molecule has 1 saturated carbocycles. The lowest BCUT2D eigenvalue weighted by molar-refractivity contribution is -0.0755. The van der Waals surface area contributed by atoms with Crippen LogP contribution in [0.3, 0.4) is 0 Å². The third-order valence-corrected chi connectivity index (χ3v) is 5.10. The molecule has 1 atom stereocenters. The van der Waals surface area contributed by atoms with E-state index < -0.39 is 6.10 Å². The first-order valence-electron chi connectivity index (χ1n) is 7.97. The summed E-state index contributed by atoms with van der Waals surface area (Å²) in [6.07, 6.45) is 4.17. The van der Waals surface area contributed by atoms with Gasteiger partial charge in [0.05, 0.1) is 19.3 Å². The Kier molecular flexibility index (Phi) is 4.57. The molecule has 1 aliphatic carbocycles. The Balaban J connectivity index is 1.78. The average molecular weight is 293 g/mol. The molecule has 1 N–H and O–H groups in total. The zero-order chi connectivity index (χ0) is 14.7. The van der Waals surface area contributed by atoms with Gasteiger partial charge in [0.1, 0.15) is 5.82 Å². The van der Waals surface area contributed by atoms with Gasteiger partial charge in [-0.15, -0.1) is 0 Å². The molecule has 0 bridgehead atoms. The zero-order valence-electron chi connectivity index (χ0n) is 12.4. The van der Waals surface area contributed by atoms with Crippen molar-refractivity contribution in [1.82, 2.24) is 4.90 Å². The van der Waals surface area contributed by atoms with Gasteiger partial charge in [-0.2, -0.15) is 0 Å². The first-order chi connectivity index (χ1) is 10.2. The topological polar surface area (TPSA) is 32.7 Å². The number of benzene rings is 1. The van der Waals surface area contributed by atoms with E-state index in [2.05, 4.69) is 4.90 Å². The fourth-order valence-electron chi connectivity index (χ4n) is 3.92. The fraction of sp³-hybridized carbons (Fsp3) is 0.647. The van der Waals surface area contributed by atoms with E-state index in [0.29, 0.717) is 12.0 Å². The Morgan fingerprint density at radius 2 is 1.86 bits per heavy atom. The predicted octanol–water partition coefficient (Wildman–Crippen LogP) is 2.37. The molecule has 2 fully saturated rings. The lowest BCUT2D eigenvalue weighted by Gasteiger charge is -2.46. The second kappa shape index (κ2) is 6.42. The Morgan fingerprint density at radius 1 is 1.19 bits per heavy atom. The standard InChI is InChI=1S/C17H24FNO2/c18-15-6-2-1-5-14(15)13-16(20)17(7-3-4-8-17)19-9-11-21-12-10-19/h1-2,5-6,16,20H,3-4,7-13H2. The SMILES string of the molecule is OC(Cc1ccccc1F)C1(N2CCOCC2)CCCC1. The van der Waals surface area contributed by atoms with Gasteiger partial charge in [-0.1, -0.05) is 31.0 Å². The van der Waals surface area contributed by atoms with Crippen molar-refractivity contribution in [3.63, 3.8) is 0 Å². The molecule has 3 rings (SSSR count). The van der Waals surface area contributed by atoms with Gasteiger partial charge in [0, 0.05) is 25.0 Å². The largest absolute Gasteiger partial charge is 0.391 e. The number of aliphatic hydroxyl groups excluding tert-OH is 1. The first kappa shape index (κ1) is 14.9. The van der Waals surface area contributed by atoms with Crippen LogP contribution in [0.2, 0.25) is 0 Å². The van der Waals surface area contributed by atoms with Crippen LogP contribution in [-0.4, -0.2) is 48.0 Å². The van der Waals surface area contributed by atoms with Crippen LogP contribution < -0.4 is 0 Å². The maximum absolute atomic E-state index is 13.9. The van der Waals surface area contributed by atoms with Crippen molar-refractivity contribution in [2.75, 3.05) is 26.3 Å². The molecular formula is C17H24FNO2. The minimum atomic E-state index is -0.519. The van der Waals surface area contributed by atoms with Gasteiger partial charge in [0.25, 0.3) is 0 Å². The lowest BCUT2D eigenvalue weighted by Crippen LogP contribution is -2.59. The van der Waals surface area contributed by atoms with Crippen LogP contribution >= 0.6 is 0 Å². The monoisotopic (exact) mass is 293 g/mol. The van der Waals surface area contributed by atoms with E-state index >= 15 is 0 Å². The molecule has 1 heterocycles. The molecule has 116 valence electrons. The second-order valence-electron chi connectivity index (χ2n) is 6.22. The smallest absolute Gasteiger partial charge is 0.126 e. The molecule has 1 saturated heterocycles. The summed E-state index contributed by atoms with van der Waals surface area (Å²) in [5.74, 6) is -0.216. The van der Waals surface area contributed by atoms with Crippen LogP contribution in [0.4, 0.5) is 4.39 Å². The molecule has 21 heavy (non-hydrogen) atoms. The van der Waals surface area contributed by atoms with E-state index in [-0.39, 0.29) is 11.4 Å². The highest BCUT2D eigenvalue weighted by molar-refractivity contribution is 5.19. The average Bonchev–Trinajstić information content (AvgIpc) is 3.01. The maximum atomic E-state index is 13.9. The number of halogens is 1. The van der Waals surface area contributed by atoms with Gasteiger partial charge < -0.3 is 9.84 Å². The minimum absolute atomic E-state index is 0.188. The molecule has 1 aromatic carbocycles. The summed E-state index contributed by atoms with van der Waals surface area (Å²) in [5, 5.41) is 10.9. The molecule has 0 spiro atoms. The number of hydrogen-bond donors (Lipinski definition) is 1. The second-order valence-corrected chi connectivity index (χ2v) is 6.22. The van der Waals surface area contributed by atoms with Crippen molar-refractivity contribution in [2.24, 2.45) is 0 Å². The number of ether oxygens (including phenoxy) is 1. The number of morpholine rings is 1. The predicted molar refractivity (Wildman–Crippen MR) is 79.7 cm³/mol. The molecule has 1 aliphatic heterocycles. The highest BCUT2D eigenvalue weighted by atomic mass is 19.1. The first-order valence-corrected chi connectivity index (χ1v) is 7.97. The van der Waals surface area contributed by atoms with Gasteiger partial charge in [0.2, 0.25) is 0 Å². The van der Waals surface area contributed by atoms with E-state index in [9.17, 15) is 9.50 Å². The van der Waals surface area contributed by atoms with Crippen molar-refractivity contribution in [2.45, 2.75) is 43.7 Å². The van der Waals surface area contributed by atoms with Crippen molar-refractivity contribution in [1.29, 1.82) is 0 Å². The zero-order valence-corrected chi connectivity index (χ0v) is 12.4. The van der Waals surface area contributed by atoms with E-state index in [1.54, 1.807) is 12.1 Å². The van der Waals surface area contributed by atoms with Crippen molar-refractivity contribution in [3.05, 3.63) is 35.6 Å². The summed E-state index contributed by atoms with van der Waals surface area (Å²) >= 11 is 0. The summed E-state index contributed by atoms with van der Waals surface area (Å²) in [6.45, 7) is 3.20. The highest BCUT2D eigenvalue weighted by Crippen LogP contribution is 2.39.